The Morgan fingerprint density at radius 2 is 2.06 bits per heavy atom. The number of nitrogens with one attached hydrogen (secondary N) is 1. The monoisotopic (exact) mass is 234 g/mol. The first-order valence-electron chi connectivity index (χ1n) is 4.42. The third kappa shape index (κ3) is 3.04. The molecule has 0 amide bonds. The molecular formula is C11H10N2O2S. The third-order valence-corrected chi connectivity index (χ3v) is 2.11. The molecule has 1 aromatic carbocycles. The number of anilines is 1. The van der Waals surface area contributed by atoms with Crippen LogP contribution in [0.3, 0.4) is 0 Å². The van der Waals surface area contributed by atoms with E-state index in [1.807, 2.05) is 18.2 Å². The molecule has 0 aromatic heterocycles. The zero-order chi connectivity index (χ0) is 12.0. The van der Waals surface area contributed by atoms with Crippen molar-refractivity contribution < 1.29 is 9.53 Å². The Morgan fingerprint density at radius 1 is 1.44 bits per heavy atom. The minimum absolute atomic E-state index is 0.158. The van der Waals surface area contributed by atoms with Crippen molar-refractivity contribution in [3.05, 3.63) is 40.9 Å². The van der Waals surface area contributed by atoms with Crippen molar-refractivity contribution in [1.82, 2.24) is 0 Å². The van der Waals surface area contributed by atoms with Gasteiger partial charge in [0, 0.05) is 5.69 Å². The van der Waals surface area contributed by atoms with Crippen LogP contribution < -0.4 is 5.32 Å². The second kappa shape index (κ2) is 5.83. The molecule has 1 aromatic rings. The Bertz CT molecular complexity index is 449. The Balaban J connectivity index is 2.92. The predicted molar refractivity (Wildman–Crippen MR) is 63.7 cm³/mol. The molecule has 0 saturated heterocycles. The van der Waals surface area contributed by atoms with Crippen molar-refractivity contribution >= 4 is 24.3 Å². The molecule has 0 fully saturated rings. The van der Waals surface area contributed by atoms with E-state index in [0.29, 0.717) is 0 Å². The van der Waals surface area contributed by atoms with Crippen molar-refractivity contribution in [2.24, 2.45) is 0 Å². The normalized spacial score (nSPS) is 11.1. The maximum atomic E-state index is 11.2. The number of nitrogens with zero attached hydrogens (tertiary/aromatic N) is 1. The van der Waals surface area contributed by atoms with Crippen LogP contribution in [0.2, 0.25) is 0 Å². The van der Waals surface area contributed by atoms with E-state index in [1.54, 1.807) is 18.2 Å². The van der Waals surface area contributed by atoms with Gasteiger partial charge in [-0.3, -0.25) is 0 Å². The molecule has 4 nitrogen and oxygen atoms in total. The molecule has 0 spiro atoms. The third-order valence-electron chi connectivity index (χ3n) is 1.77. The van der Waals surface area contributed by atoms with Gasteiger partial charge in [0.1, 0.15) is 6.07 Å². The number of thiol groups is 1. The summed E-state index contributed by atoms with van der Waals surface area (Å²) in [6.45, 7) is 0. The zero-order valence-corrected chi connectivity index (χ0v) is 9.49. The summed E-state index contributed by atoms with van der Waals surface area (Å²) in [5.41, 5.74) is 0.582. The van der Waals surface area contributed by atoms with Gasteiger partial charge in [-0.05, 0) is 12.1 Å². The molecule has 0 saturated carbocycles. The van der Waals surface area contributed by atoms with Crippen LogP contribution in [-0.2, 0) is 9.53 Å². The Kier molecular flexibility index (Phi) is 4.42. The highest BCUT2D eigenvalue weighted by molar-refractivity contribution is 7.84. The summed E-state index contributed by atoms with van der Waals surface area (Å²) in [7, 11) is 1.21. The molecule has 0 aliphatic rings. The Morgan fingerprint density at radius 3 is 2.56 bits per heavy atom. The number of nitriles is 1. The van der Waals surface area contributed by atoms with Crippen LogP contribution in [0.5, 0.6) is 0 Å². The van der Waals surface area contributed by atoms with Crippen LogP contribution >= 0.6 is 12.6 Å². The van der Waals surface area contributed by atoms with E-state index in [4.69, 9.17) is 5.26 Å². The van der Waals surface area contributed by atoms with Crippen LogP contribution in [0, 0.1) is 11.3 Å². The van der Waals surface area contributed by atoms with E-state index in [-0.39, 0.29) is 10.6 Å². The number of para-hydroxylation sites is 1. The molecule has 1 N–H and O–H groups in total. The number of ether oxygens (including phenoxy) is 1. The maximum absolute atomic E-state index is 11.2. The lowest BCUT2D eigenvalue weighted by molar-refractivity contribution is -0.135. The van der Waals surface area contributed by atoms with Gasteiger partial charge in [0.2, 0.25) is 0 Å². The molecule has 1 rings (SSSR count). The summed E-state index contributed by atoms with van der Waals surface area (Å²) >= 11 is 4.06. The largest absolute Gasteiger partial charge is 0.465 e. The van der Waals surface area contributed by atoms with Gasteiger partial charge in [0.25, 0.3) is 0 Å². The molecule has 0 bridgehead atoms. The standard InChI is InChI=1S/C11H10N2O2S/c1-15-11(14)9(7-12)10(16)13-8-5-3-2-4-6-8/h2-6,13,16H,1H3/b10-9-. The number of esters is 1. The minimum atomic E-state index is -0.712. The fourth-order valence-corrected chi connectivity index (χ4v) is 1.29. The first-order chi connectivity index (χ1) is 7.69. The summed E-state index contributed by atoms with van der Waals surface area (Å²) in [6.07, 6.45) is 0. The van der Waals surface area contributed by atoms with Crippen molar-refractivity contribution in [1.29, 1.82) is 5.26 Å². The number of benzene rings is 1. The summed E-state index contributed by atoms with van der Waals surface area (Å²) < 4.78 is 4.45. The number of carbonyl (C=O) groups excluding carboxylic acids is 1. The van der Waals surface area contributed by atoms with Gasteiger partial charge < -0.3 is 10.1 Å². The van der Waals surface area contributed by atoms with Crippen molar-refractivity contribution in [3.8, 4) is 6.07 Å². The lowest BCUT2D eigenvalue weighted by atomic mass is 10.3. The van der Waals surface area contributed by atoms with E-state index in [0.717, 1.165) is 5.69 Å². The number of rotatable bonds is 3. The van der Waals surface area contributed by atoms with E-state index in [1.165, 1.54) is 7.11 Å². The highest BCUT2D eigenvalue weighted by Gasteiger charge is 2.13. The molecule has 0 radical (unpaired) electrons. The van der Waals surface area contributed by atoms with Gasteiger partial charge in [0.15, 0.2) is 5.57 Å². The average molecular weight is 234 g/mol. The lowest BCUT2D eigenvalue weighted by Crippen LogP contribution is -2.08. The van der Waals surface area contributed by atoms with Gasteiger partial charge in [-0.15, -0.1) is 12.6 Å². The Labute approximate surface area is 98.9 Å². The zero-order valence-electron chi connectivity index (χ0n) is 8.60. The second-order valence-corrected chi connectivity index (χ2v) is 3.27. The van der Waals surface area contributed by atoms with Crippen LogP contribution in [0.4, 0.5) is 5.69 Å². The minimum Gasteiger partial charge on any atom is -0.465 e. The van der Waals surface area contributed by atoms with Crippen molar-refractivity contribution in [2.75, 3.05) is 12.4 Å². The fourth-order valence-electron chi connectivity index (χ4n) is 1.02. The number of methoxy groups -OCH3 is 1. The van der Waals surface area contributed by atoms with Crippen LogP contribution in [0.15, 0.2) is 40.9 Å². The molecule has 0 atom stereocenters. The Hall–Kier alpha value is -1.93. The van der Waals surface area contributed by atoms with Crippen LogP contribution in [0.25, 0.3) is 0 Å². The quantitative estimate of drug-likeness (QED) is 0.363. The molecule has 5 heteroatoms. The molecule has 0 unspecified atom stereocenters. The smallest absolute Gasteiger partial charge is 0.351 e. The lowest BCUT2D eigenvalue weighted by Gasteiger charge is -2.06. The van der Waals surface area contributed by atoms with Crippen molar-refractivity contribution in [2.45, 2.75) is 0 Å². The molecule has 16 heavy (non-hydrogen) atoms. The second-order valence-electron chi connectivity index (χ2n) is 2.82. The van der Waals surface area contributed by atoms with Crippen LogP contribution in [0.1, 0.15) is 0 Å². The molecule has 82 valence electrons. The molecule has 0 aliphatic heterocycles. The number of carbonyl (C=O) groups is 1. The van der Waals surface area contributed by atoms with E-state index < -0.39 is 5.97 Å². The topological polar surface area (TPSA) is 62.1 Å². The summed E-state index contributed by atoms with van der Waals surface area (Å²) in [5, 5.41) is 11.8. The summed E-state index contributed by atoms with van der Waals surface area (Å²) in [6, 6.07) is 10.8. The van der Waals surface area contributed by atoms with Crippen molar-refractivity contribution in [3.63, 3.8) is 0 Å². The number of hydrogen-bond donors (Lipinski definition) is 2. The predicted octanol–water partition coefficient (Wildman–Crippen LogP) is 1.94. The molecule has 0 heterocycles. The molecule has 0 aliphatic carbocycles. The van der Waals surface area contributed by atoms with Gasteiger partial charge >= 0.3 is 5.97 Å². The summed E-state index contributed by atoms with van der Waals surface area (Å²) in [4.78, 5) is 11.2. The van der Waals surface area contributed by atoms with E-state index in [9.17, 15) is 4.79 Å². The number of hydrogen-bond acceptors (Lipinski definition) is 5. The van der Waals surface area contributed by atoms with Gasteiger partial charge in [-0.25, -0.2) is 4.79 Å². The van der Waals surface area contributed by atoms with Gasteiger partial charge in [-0.1, -0.05) is 18.2 Å². The highest BCUT2D eigenvalue weighted by atomic mass is 32.1. The maximum Gasteiger partial charge on any atom is 0.351 e. The van der Waals surface area contributed by atoms with E-state index >= 15 is 0 Å². The van der Waals surface area contributed by atoms with Gasteiger partial charge in [-0.2, -0.15) is 5.26 Å². The first kappa shape index (κ1) is 12.1. The SMILES string of the molecule is COC(=O)/C(C#N)=C(\S)Nc1ccccc1. The van der Waals surface area contributed by atoms with E-state index in [2.05, 4.69) is 22.7 Å². The summed E-state index contributed by atoms with van der Waals surface area (Å²) in [5.74, 6) is -0.712. The average Bonchev–Trinajstić information content (AvgIpc) is 2.31. The first-order valence-corrected chi connectivity index (χ1v) is 4.87. The highest BCUT2D eigenvalue weighted by Crippen LogP contribution is 2.15. The molecular weight excluding hydrogens is 224 g/mol. The fraction of sp³-hybridized carbons (Fsp3) is 0.0909. The van der Waals surface area contributed by atoms with Crippen LogP contribution in [-0.4, -0.2) is 13.1 Å². The van der Waals surface area contributed by atoms with Gasteiger partial charge in [0.05, 0.1) is 12.1 Å².